The van der Waals surface area contributed by atoms with E-state index in [0.717, 1.165) is 24.2 Å². The highest BCUT2D eigenvalue weighted by molar-refractivity contribution is 7.80. The van der Waals surface area contributed by atoms with Crippen LogP contribution in [0.3, 0.4) is 0 Å². The third kappa shape index (κ3) is 6.84. The number of hydrogen-bond donors (Lipinski definition) is 2. The van der Waals surface area contributed by atoms with Gasteiger partial charge in [0.2, 0.25) is 0 Å². The zero-order valence-corrected chi connectivity index (χ0v) is 17.9. The lowest BCUT2D eigenvalue weighted by molar-refractivity contribution is 0.0734. The van der Waals surface area contributed by atoms with Crippen LogP contribution >= 0.6 is 12.2 Å². The molecule has 0 unspecified atom stereocenters. The number of benzene rings is 2. The lowest BCUT2D eigenvalue weighted by Gasteiger charge is -2.23. The molecule has 158 valence electrons. The summed E-state index contributed by atoms with van der Waals surface area (Å²) in [4.78, 5) is 12.3. The van der Waals surface area contributed by atoms with Crippen LogP contribution in [0.1, 0.15) is 54.9 Å². The van der Waals surface area contributed by atoms with Crippen LogP contribution < -0.4 is 20.2 Å². The summed E-state index contributed by atoms with van der Waals surface area (Å²) in [5.41, 5.74) is 4.18. The first-order chi connectivity index (χ1) is 14.6. The predicted octanol–water partition coefficient (Wildman–Crippen LogP) is 4.44. The second-order valence-corrected chi connectivity index (χ2v) is 7.50. The van der Waals surface area contributed by atoms with Crippen molar-refractivity contribution in [3.05, 3.63) is 59.7 Å². The van der Waals surface area contributed by atoms with Gasteiger partial charge in [0, 0.05) is 6.04 Å². The van der Waals surface area contributed by atoms with Crippen LogP contribution in [0.2, 0.25) is 0 Å². The Balaban J connectivity index is 1.46. The first-order valence-electron chi connectivity index (χ1n) is 10.3. The number of esters is 1. The first kappa shape index (κ1) is 21.8. The molecule has 0 saturated heterocycles. The standard InChI is InChI=1S/C23H27N3O3S/c1-2-28-20-14-10-18(11-15-20)22(27)29-21-12-8-17(9-13-21)16-24-26-23(30)25-19-6-4-3-5-7-19/h8-16,19H,2-7H2,1H3,(H2,25,26,30)/b24-16-. The number of carbonyl (C=O) groups is 1. The van der Waals surface area contributed by atoms with Crippen LogP contribution in [-0.2, 0) is 0 Å². The van der Waals surface area contributed by atoms with E-state index in [-0.39, 0.29) is 0 Å². The van der Waals surface area contributed by atoms with Crippen LogP contribution in [-0.4, -0.2) is 29.9 Å². The van der Waals surface area contributed by atoms with Crippen molar-refractivity contribution in [2.45, 2.75) is 45.1 Å². The number of hydrogen-bond acceptors (Lipinski definition) is 5. The summed E-state index contributed by atoms with van der Waals surface area (Å²) in [6.07, 6.45) is 7.79. The van der Waals surface area contributed by atoms with Crippen LogP contribution in [0.25, 0.3) is 0 Å². The Morgan fingerprint density at radius 3 is 2.40 bits per heavy atom. The molecule has 2 aromatic carbocycles. The molecular weight excluding hydrogens is 398 g/mol. The maximum Gasteiger partial charge on any atom is 0.343 e. The molecule has 0 atom stereocenters. The molecular formula is C23H27N3O3S. The second kappa shape index (κ2) is 11.3. The van der Waals surface area contributed by atoms with Gasteiger partial charge in [-0.15, -0.1) is 0 Å². The molecule has 1 aliphatic rings. The molecule has 0 spiro atoms. The van der Waals surface area contributed by atoms with E-state index in [2.05, 4.69) is 15.8 Å². The van der Waals surface area contributed by atoms with Gasteiger partial charge in [0.05, 0.1) is 18.4 Å². The Bertz CT molecular complexity index is 860. The van der Waals surface area contributed by atoms with Gasteiger partial charge in [0.25, 0.3) is 0 Å². The first-order valence-corrected chi connectivity index (χ1v) is 10.7. The number of hydrazone groups is 1. The number of ether oxygens (including phenoxy) is 2. The van der Waals surface area contributed by atoms with E-state index >= 15 is 0 Å². The van der Waals surface area contributed by atoms with Gasteiger partial charge in [-0.05, 0) is 86.1 Å². The molecule has 0 heterocycles. The van der Waals surface area contributed by atoms with E-state index in [1.807, 2.05) is 19.1 Å². The van der Waals surface area contributed by atoms with E-state index in [1.165, 1.54) is 19.3 Å². The Kier molecular flexibility index (Phi) is 8.20. The predicted molar refractivity (Wildman–Crippen MR) is 122 cm³/mol. The fraction of sp³-hybridized carbons (Fsp3) is 0.348. The van der Waals surface area contributed by atoms with Crippen LogP contribution in [0.15, 0.2) is 53.6 Å². The Morgan fingerprint density at radius 2 is 1.73 bits per heavy atom. The van der Waals surface area contributed by atoms with E-state index in [9.17, 15) is 4.79 Å². The summed E-state index contributed by atoms with van der Waals surface area (Å²) >= 11 is 5.29. The van der Waals surface area contributed by atoms with E-state index in [1.54, 1.807) is 42.6 Å². The molecule has 3 rings (SSSR count). The molecule has 0 radical (unpaired) electrons. The number of nitrogens with zero attached hydrogens (tertiary/aromatic N) is 1. The van der Waals surface area contributed by atoms with Gasteiger partial charge in [-0.3, -0.25) is 5.43 Å². The van der Waals surface area contributed by atoms with E-state index < -0.39 is 5.97 Å². The van der Waals surface area contributed by atoms with Crippen LogP contribution in [0.4, 0.5) is 0 Å². The fourth-order valence-electron chi connectivity index (χ4n) is 3.27. The zero-order valence-electron chi connectivity index (χ0n) is 17.1. The molecule has 1 saturated carbocycles. The minimum absolute atomic E-state index is 0.416. The summed E-state index contributed by atoms with van der Waals surface area (Å²) in [6, 6.07) is 14.4. The van der Waals surface area contributed by atoms with Crippen LogP contribution in [0, 0.1) is 0 Å². The Hall–Kier alpha value is -2.93. The van der Waals surface area contributed by atoms with Crippen molar-refractivity contribution in [1.29, 1.82) is 0 Å². The Labute approximate surface area is 182 Å². The third-order valence-electron chi connectivity index (χ3n) is 4.81. The molecule has 6 nitrogen and oxygen atoms in total. The topological polar surface area (TPSA) is 72.0 Å². The van der Waals surface area contributed by atoms with Crippen molar-refractivity contribution in [3.8, 4) is 11.5 Å². The maximum absolute atomic E-state index is 12.3. The van der Waals surface area contributed by atoms with Crippen molar-refractivity contribution in [1.82, 2.24) is 10.7 Å². The van der Waals surface area contributed by atoms with Crippen LogP contribution in [0.5, 0.6) is 11.5 Å². The van der Waals surface area contributed by atoms with Gasteiger partial charge in [-0.25, -0.2) is 4.79 Å². The van der Waals surface area contributed by atoms with Crippen molar-refractivity contribution in [2.24, 2.45) is 5.10 Å². The largest absolute Gasteiger partial charge is 0.494 e. The normalized spacial score (nSPS) is 14.3. The van der Waals surface area contributed by atoms with Gasteiger partial charge in [0.15, 0.2) is 5.11 Å². The fourth-order valence-corrected chi connectivity index (χ4v) is 3.49. The molecule has 2 aromatic rings. The minimum Gasteiger partial charge on any atom is -0.494 e. The zero-order chi connectivity index (χ0) is 21.2. The number of rotatable bonds is 7. The third-order valence-corrected chi connectivity index (χ3v) is 5.02. The average Bonchev–Trinajstić information content (AvgIpc) is 2.76. The van der Waals surface area contributed by atoms with E-state index in [4.69, 9.17) is 21.7 Å². The molecule has 2 N–H and O–H groups in total. The summed E-state index contributed by atoms with van der Waals surface area (Å²) in [7, 11) is 0. The highest BCUT2D eigenvalue weighted by Gasteiger charge is 2.13. The lowest BCUT2D eigenvalue weighted by atomic mass is 9.96. The van der Waals surface area contributed by atoms with Gasteiger partial charge < -0.3 is 14.8 Å². The van der Waals surface area contributed by atoms with Gasteiger partial charge in [-0.1, -0.05) is 19.3 Å². The summed E-state index contributed by atoms with van der Waals surface area (Å²) < 4.78 is 10.8. The second-order valence-electron chi connectivity index (χ2n) is 7.09. The number of carbonyl (C=O) groups excluding carboxylic acids is 1. The van der Waals surface area contributed by atoms with Gasteiger partial charge in [-0.2, -0.15) is 5.10 Å². The van der Waals surface area contributed by atoms with Crippen molar-refractivity contribution in [3.63, 3.8) is 0 Å². The minimum atomic E-state index is -0.416. The smallest absolute Gasteiger partial charge is 0.343 e. The highest BCUT2D eigenvalue weighted by Crippen LogP contribution is 2.18. The Morgan fingerprint density at radius 1 is 1.07 bits per heavy atom. The molecule has 1 fully saturated rings. The lowest BCUT2D eigenvalue weighted by Crippen LogP contribution is -2.40. The summed E-state index contributed by atoms with van der Waals surface area (Å²) in [5.74, 6) is 0.772. The van der Waals surface area contributed by atoms with Crippen molar-refractivity contribution in [2.75, 3.05) is 6.61 Å². The van der Waals surface area contributed by atoms with E-state index in [0.29, 0.717) is 29.1 Å². The maximum atomic E-state index is 12.3. The van der Waals surface area contributed by atoms with Crippen molar-refractivity contribution >= 4 is 29.5 Å². The van der Waals surface area contributed by atoms with Crippen molar-refractivity contribution < 1.29 is 14.3 Å². The molecule has 0 bridgehead atoms. The highest BCUT2D eigenvalue weighted by atomic mass is 32.1. The molecule has 7 heteroatoms. The number of nitrogens with one attached hydrogen (secondary N) is 2. The number of thiocarbonyl (C=S) groups is 1. The summed E-state index contributed by atoms with van der Waals surface area (Å²) in [5, 5.41) is 8.01. The average molecular weight is 426 g/mol. The monoisotopic (exact) mass is 425 g/mol. The van der Waals surface area contributed by atoms with Gasteiger partial charge >= 0.3 is 5.97 Å². The molecule has 0 aliphatic heterocycles. The molecule has 0 amide bonds. The molecule has 30 heavy (non-hydrogen) atoms. The van der Waals surface area contributed by atoms with Gasteiger partial charge in [0.1, 0.15) is 11.5 Å². The summed E-state index contributed by atoms with van der Waals surface area (Å²) in [6.45, 7) is 2.49. The SMILES string of the molecule is CCOc1ccc(C(=O)Oc2ccc(/C=N\NC(=S)NC3CCCCC3)cc2)cc1. The quantitative estimate of drug-likeness (QED) is 0.225. The molecule has 1 aliphatic carbocycles. The molecule has 0 aromatic heterocycles.